The van der Waals surface area contributed by atoms with Crippen molar-refractivity contribution < 1.29 is 14.3 Å². The van der Waals surface area contributed by atoms with Crippen molar-refractivity contribution in [1.29, 1.82) is 0 Å². The smallest absolute Gasteiger partial charge is 0.255 e. The van der Waals surface area contributed by atoms with Crippen LogP contribution >= 0.6 is 0 Å². The monoisotopic (exact) mass is 472 g/mol. The van der Waals surface area contributed by atoms with E-state index in [9.17, 15) is 9.59 Å². The summed E-state index contributed by atoms with van der Waals surface area (Å²) in [6.07, 6.45) is 0. The number of carbonyl (C=O) groups excluding carboxylic acids is 2. The number of amides is 2. The van der Waals surface area contributed by atoms with Crippen molar-refractivity contribution >= 4 is 23.2 Å². The molecule has 3 aromatic carbocycles. The van der Waals surface area contributed by atoms with Gasteiger partial charge in [-0.05, 0) is 48.9 Å². The molecule has 1 fully saturated rings. The number of anilines is 2. The second kappa shape index (κ2) is 12.0. The van der Waals surface area contributed by atoms with Crippen LogP contribution in [0.3, 0.4) is 0 Å². The molecule has 1 saturated heterocycles. The maximum atomic E-state index is 12.5. The fraction of sp³-hybridized carbons (Fsp3) is 0.286. The van der Waals surface area contributed by atoms with Gasteiger partial charge >= 0.3 is 0 Å². The van der Waals surface area contributed by atoms with Crippen molar-refractivity contribution in [3.8, 4) is 5.75 Å². The lowest BCUT2D eigenvalue weighted by atomic mass is 10.2. The van der Waals surface area contributed by atoms with Gasteiger partial charge in [0.2, 0.25) is 5.91 Å². The van der Waals surface area contributed by atoms with Crippen molar-refractivity contribution in [3.05, 3.63) is 90.0 Å². The first-order valence-corrected chi connectivity index (χ1v) is 12.0. The first kappa shape index (κ1) is 24.3. The van der Waals surface area contributed by atoms with E-state index in [4.69, 9.17) is 4.74 Å². The Kier molecular flexibility index (Phi) is 8.35. The van der Waals surface area contributed by atoms with E-state index in [1.54, 1.807) is 18.2 Å². The van der Waals surface area contributed by atoms with Crippen LogP contribution in [-0.2, 0) is 11.3 Å². The van der Waals surface area contributed by atoms with Gasteiger partial charge in [0.15, 0.2) is 0 Å². The fourth-order valence-electron chi connectivity index (χ4n) is 4.16. The minimum atomic E-state index is -0.342. The predicted octanol–water partition coefficient (Wildman–Crippen LogP) is 3.78. The van der Waals surface area contributed by atoms with Gasteiger partial charge < -0.3 is 20.3 Å². The van der Waals surface area contributed by atoms with Crippen LogP contribution in [0, 0.1) is 0 Å². The van der Waals surface area contributed by atoms with Crippen LogP contribution in [0.4, 0.5) is 11.4 Å². The molecule has 1 heterocycles. The SMILES string of the molecule is CCOc1ccccc1C(=O)NCC(=O)Nc1ccc(N2CCN(Cc3ccccc3)CC2)cc1. The van der Waals surface area contributed by atoms with Crippen molar-refractivity contribution in [2.45, 2.75) is 13.5 Å². The summed E-state index contributed by atoms with van der Waals surface area (Å²) in [4.78, 5) is 29.7. The summed E-state index contributed by atoms with van der Waals surface area (Å²) in [5, 5.41) is 5.50. The van der Waals surface area contributed by atoms with Crippen LogP contribution in [0.2, 0.25) is 0 Å². The van der Waals surface area contributed by atoms with E-state index in [2.05, 4.69) is 44.7 Å². The van der Waals surface area contributed by atoms with Gasteiger partial charge in [0.25, 0.3) is 5.91 Å². The van der Waals surface area contributed by atoms with E-state index >= 15 is 0 Å². The molecule has 35 heavy (non-hydrogen) atoms. The zero-order valence-electron chi connectivity index (χ0n) is 20.1. The summed E-state index contributed by atoms with van der Waals surface area (Å²) >= 11 is 0. The molecule has 0 spiro atoms. The van der Waals surface area contributed by atoms with E-state index in [1.165, 1.54) is 5.56 Å². The topological polar surface area (TPSA) is 73.9 Å². The van der Waals surface area contributed by atoms with Gasteiger partial charge in [-0.15, -0.1) is 0 Å². The second-order valence-electron chi connectivity index (χ2n) is 8.46. The molecular weight excluding hydrogens is 440 g/mol. The van der Waals surface area contributed by atoms with Crippen LogP contribution in [0.25, 0.3) is 0 Å². The number of nitrogens with one attached hydrogen (secondary N) is 2. The van der Waals surface area contributed by atoms with E-state index < -0.39 is 0 Å². The first-order chi connectivity index (χ1) is 17.1. The number of hydrogen-bond donors (Lipinski definition) is 2. The number of carbonyl (C=O) groups is 2. The quantitative estimate of drug-likeness (QED) is 0.496. The molecule has 4 rings (SSSR count). The summed E-state index contributed by atoms with van der Waals surface area (Å²) in [6, 6.07) is 25.4. The molecule has 2 amide bonds. The predicted molar refractivity (Wildman–Crippen MR) is 139 cm³/mol. The number of nitrogens with zero attached hydrogens (tertiary/aromatic N) is 2. The lowest BCUT2D eigenvalue weighted by Gasteiger charge is -2.36. The third-order valence-corrected chi connectivity index (χ3v) is 5.98. The fourth-order valence-corrected chi connectivity index (χ4v) is 4.16. The molecule has 0 atom stereocenters. The van der Waals surface area contributed by atoms with E-state index in [0.717, 1.165) is 38.4 Å². The van der Waals surface area contributed by atoms with Crippen molar-refractivity contribution in [2.24, 2.45) is 0 Å². The Hall–Kier alpha value is -3.84. The highest BCUT2D eigenvalue weighted by Crippen LogP contribution is 2.21. The summed E-state index contributed by atoms with van der Waals surface area (Å²) in [5.74, 6) is -0.120. The zero-order chi connectivity index (χ0) is 24.5. The number of ether oxygens (including phenoxy) is 1. The van der Waals surface area contributed by atoms with Gasteiger partial charge in [-0.25, -0.2) is 0 Å². The maximum absolute atomic E-state index is 12.5. The number of benzene rings is 3. The highest BCUT2D eigenvalue weighted by Gasteiger charge is 2.18. The van der Waals surface area contributed by atoms with Gasteiger partial charge in [-0.1, -0.05) is 42.5 Å². The normalized spacial score (nSPS) is 13.8. The van der Waals surface area contributed by atoms with Crippen molar-refractivity contribution in [2.75, 3.05) is 49.5 Å². The molecule has 0 unspecified atom stereocenters. The average molecular weight is 473 g/mol. The molecule has 0 aliphatic carbocycles. The number of hydrogen-bond acceptors (Lipinski definition) is 5. The Bertz CT molecular complexity index is 1110. The van der Waals surface area contributed by atoms with Gasteiger partial charge in [0, 0.05) is 44.1 Å². The van der Waals surface area contributed by atoms with Gasteiger partial charge in [-0.2, -0.15) is 0 Å². The molecule has 7 heteroatoms. The average Bonchev–Trinajstić information content (AvgIpc) is 2.89. The van der Waals surface area contributed by atoms with E-state index in [-0.39, 0.29) is 18.4 Å². The Morgan fingerprint density at radius 1 is 0.857 bits per heavy atom. The number of rotatable bonds is 9. The molecule has 2 N–H and O–H groups in total. The third-order valence-electron chi connectivity index (χ3n) is 5.98. The largest absolute Gasteiger partial charge is 0.493 e. The lowest BCUT2D eigenvalue weighted by molar-refractivity contribution is -0.115. The van der Waals surface area contributed by atoms with Gasteiger partial charge in [0.05, 0.1) is 18.7 Å². The Labute approximate surface area is 206 Å². The Morgan fingerprint density at radius 3 is 2.26 bits per heavy atom. The second-order valence-corrected chi connectivity index (χ2v) is 8.46. The van der Waals surface area contributed by atoms with Crippen LogP contribution in [-0.4, -0.2) is 56.0 Å². The van der Waals surface area contributed by atoms with Gasteiger partial charge in [-0.3, -0.25) is 14.5 Å². The van der Waals surface area contributed by atoms with Gasteiger partial charge in [0.1, 0.15) is 5.75 Å². The summed E-state index contributed by atoms with van der Waals surface area (Å²) in [5.41, 5.74) is 3.60. The van der Waals surface area contributed by atoms with Crippen LogP contribution in [0.5, 0.6) is 5.75 Å². The van der Waals surface area contributed by atoms with E-state index in [1.807, 2.05) is 43.3 Å². The highest BCUT2D eigenvalue weighted by atomic mass is 16.5. The third kappa shape index (κ3) is 6.83. The summed E-state index contributed by atoms with van der Waals surface area (Å²) in [6.45, 7) is 7.14. The maximum Gasteiger partial charge on any atom is 0.255 e. The lowest BCUT2D eigenvalue weighted by Crippen LogP contribution is -2.45. The zero-order valence-corrected chi connectivity index (χ0v) is 20.1. The Balaban J connectivity index is 1.23. The minimum Gasteiger partial charge on any atom is -0.493 e. The number of para-hydroxylation sites is 1. The highest BCUT2D eigenvalue weighted by molar-refractivity contribution is 6.00. The molecule has 3 aromatic rings. The standard InChI is InChI=1S/C28H32N4O3/c1-2-35-26-11-7-6-10-25(26)28(34)29-20-27(33)30-23-12-14-24(15-13-23)32-18-16-31(17-19-32)21-22-8-4-3-5-9-22/h3-15H,2,16-21H2,1H3,(H,29,34)(H,30,33). The molecule has 7 nitrogen and oxygen atoms in total. The summed E-state index contributed by atoms with van der Waals surface area (Å²) < 4.78 is 5.49. The minimum absolute atomic E-state index is 0.121. The summed E-state index contributed by atoms with van der Waals surface area (Å²) in [7, 11) is 0. The van der Waals surface area contributed by atoms with Crippen LogP contribution < -0.4 is 20.3 Å². The number of piperazine rings is 1. The molecule has 1 aliphatic rings. The van der Waals surface area contributed by atoms with Crippen LogP contribution in [0.1, 0.15) is 22.8 Å². The molecule has 1 aliphatic heterocycles. The molecule has 182 valence electrons. The molecule has 0 bridgehead atoms. The van der Waals surface area contributed by atoms with Crippen molar-refractivity contribution in [3.63, 3.8) is 0 Å². The Morgan fingerprint density at radius 2 is 1.54 bits per heavy atom. The first-order valence-electron chi connectivity index (χ1n) is 12.0. The molecule has 0 saturated carbocycles. The van der Waals surface area contributed by atoms with Crippen molar-refractivity contribution in [1.82, 2.24) is 10.2 Å². The molecular formula is C28H32N4O3. The molecule has 0 radical (unpaired) electrons. The van der Waals surface area contributed by atoms with E-state index in [0.29, 0.717) is 23.6 Å². The van der Waals surface area contributed by atoms with Crippen LogP contribution in [0.15, 0.2) is 78.9 Å². The molecule has 0 aromatic heterocycles.